The van der Waals surface area contributed by atoms with Gasteiger partial charge in [-0.25, -0.2) is 4.79 Å². The lowest BCUT2D eigenvalue weighted by atomic mass is 9.32. The smallest absolute Gasteiger partial charge is 0.344 e. The van der Waals surface area contributed by atoms with Crippen molar-refractivity contribution in [3.8, 4) is 0 Å². The third kappa shape index (κ3) is 3.58. The first kappa shape index (κ1) is 28.2. The van der Waals surface area contributed by atoms with Crippen LogP contribution in [0.1, 0.15) is 106 Å². The first-order valence-electron chi connectivity index (χ1n) is 15.3. The van der Waals surface area contributed by atoms with Crippen LogP contribution in [0.25, 0.3) is 0 Å². The Kier molecular flexibility index (Phi) is 6.73. The highest BCUT2D eigenvalue weighted by atomic mass is 16.6. The average molecular weight is 529 g/mol. The molecule has 10 atom stereocenters. The van der Waals surface area contributed by atoms with Crippen LogP contribution in [-0.4, -0.2) is 36.9 Å². The summed E-state index contributed by atoms with van der Waals surface area (Å²) in [4.78, 5) is 25.6. The molecule has 5 heteroatoms. The topological polar surface area (TPSA) is 72.8 Å². The van der Waals surface area contributed by atoms with Crippen LogP contribution in [0.2, 0.25) is 0 Å². The van der Waals surface area contributed by atoms with E-state index < -0.39 is 11.4 Å². The molecule has 5 rings (SSSR count). The van der Waals surface area contributed by atoms with E-state index >= 15 is 0 Å². The van der Waals surface area contributed by atoms with Crippen molar-refractivity contribution in [3.63, 3.8) is 0 Å². The van der Waals surface area contributed by atoms with Gasteiger partial charge in [0.15, 0.2) is 6.61 Å². The van der Waals surface area contributed by atoms with E-state index in [0.29, 0.717) is 23.7 Å². The predicted molar refractivity (Wildman–Crippen MR) is 148 cm³/mol. The number of aliphatic hydroxyl groups is 1. The van der Waals surface area contributed by atoms with E-state index in [0.717, 1.165) is 44.9 Å². The molecule has 0 aliphatic heterocycles. The number of methoxy groups -OCH3 is 1. The number of hydrogen-bond donors (Lipinski definition) is 1. The fraction of sp³-hybridized carbons (Fsp3) is 0.879. The van der Waals surface area contributed by atoms with E-state index in [9.17, 15) is 14.7 Å². The molecule has 0 bridgehead atoms. The van der Waals surface area contributed by atoms with Gasteiger partial charge in [-0.2, -0.15) is 0 Å². The van der Waals surface area contributed by atoms with Crippen molar-refractivity contribution in [2.45, 2.75) is 112 Å². The SMILES string of the molecule is C=C(C)C1CC[C@]2(C(=O)OCC(=O)OC)CC[C@]3(C)[C@H](CC[C@@H]4[C@@]5(C)CC[C@H](O)C(C)(C)[C@@H]5CC[C@]43C)[C@@H]12. The number of allylic oxidation sites excluding steroid dienone is 1. The fourth-order valence-electron chi connectivity index (χ4n) is 11.8. The number of rotatable bonds is 4. The highest BCUT2D eigenvalue weighted by Gasteiger charge is 2.72. The summed E-state index contributed by atoms with van der Waals surface area (Å²) in [5.74, 6) is 1.46. The summed E-state index contributed by atoms with van der Waals surface area (Å²) >= 11 is 0. The molecular formula is C33H52O5. The monoisotopic (exact) mass is 528 g/mol. The van der Waals surface area contributed by atoms with Crippen molar-refractivity contribution >= 4 is 11.9 Å². The molecule has 0 amide bonds. The molecule has 0 heterocycles. The molecule has 0 aromatic carbocycles. The van der Waals surface area contributed by atoms with Crippen LogP contribution in [0.3, 0.4) is 0 Å². The molecule has 0 aromatic rings. The van der Waals surface area contributed by atoms with Crippen LogP contribution in [0.15, 0.2) is 12.2 Å². The van der Waals surface area contributed by atoms with Gasteiger partial charge in [0.05, 0.1) is 18.6 Å². The largest absolute Gasteiger partial charge is 0.466 e. The van der Waals surface area contributed by atoms with Crippen LogP contribution in [0.5, 0.6) is 0 Å². The molecule has 1 unspecified atom stereocenters. The summed E-state index contributed by atoms with van der Waals surface area (Å²) in [5, 5.41) is 11.0. The van der Waals surface area contributed by atoms with Crippen molar-refractivity contribution in [2.24, 2.45) is 56.7 Å². The average Bonchev–Trinajstić information content (AvgIpc) is 3.26. The van der Waals surface area contributed by atoms with Crippen molar-refractivity contribution in [2.75, 3.05) is 13.7 Å². The molecule has 0 saturated heterocycles. The van der Waals surface area contributed by atoms with E-state index in [-0.39, 0.29) is 46.3 Å². The summed E-state index contributed by atoms with van der Waals surface area (Å²) in [5.41, 5.74) is 1.19. The van der Waals surface area contributed by atoms with Crippen LogP contribution < -0.4 is 0 Å². The van der Waals surface area contributed by atoms with Gasteiger partial charge >= 0.3 is 11.9 Å². The Morgan fingerprint density at radius 2 is 1.58 bits per heavy atom. The van der Waals surface area contributed by atoms with Crippen molar-refractivity contribution in [1.82, 2.24) is 0 Å². The normalized spacial score (nSPS) is 49.1. The molecule has 38 heavy (non-hydrogen) atoms. The van der Waals surface area contributed by atoms with Gasteiger partial charge in [-0.3, -0.25) is 4.79 Å². The van der Waals surface area contributed by atoms with Crippen molar-refractivity contribution < 1.29 is 24.2 Å². The molecule has 1 N–H and O–H groups in total. The van der Waals surface area contributed by atoms with E-state index in [1.807, 2.05) is 0 Å². The second-order valence-electron chi connectivity index (χ2n) is 15.4. The standard InChI is InChI=1S/C33H52O5/c1-20(2)21-11-16-33(28(36)38-19-26(35)37-8)18-17-31(6)22(27(21)33)9-10-24-30(5)14-13-25(34)29(3,4)23(30)12-15-32(24,31)7/h21-25,27,34H,1,9-19H2,2-8H3/t21?,22-,23+,24-,25+,27-,30+,31-,32-,33+/m1/s1. The van der Waals surface area contributed by atoms with Crippen LogP contribution >= 0.6 is 0 Å². The van der Waals surface area contributed by atoms with E-state index in [1.165, 1.54) is 31.9 Å². The Labute approximate surface area is 230 Å². The van der Waals surface area contributed by atoms with Crippen LogP contribution in [0.4, 0.5) is 0 Å². The molecule has 5 saturated carbocycles. The second-order valence-corrected chi connectivity index (χ2v) is 15.4. The molecule has 0 spiro atoms. The maximum Gasteiger partial charge on any atom is 0.344 e. The summed E-state index contributed by atoms with van der Waals surface area (Å²) in [6.45, 7) is 18.6. The van der Waals surface area contributed by atoms with Gasteiger partial charge in [-0.15, -0.1) is 0 Å². The number of aliphatic hydroxyl groups excluding tert-OH is 1. The van der Waals surface area contributed by atoms with Gasteiger partial charge in [0, 0.05) is 0 Å². The maximum absolute atomic E-state index is 13.8. The zero-order valence-corrected chi connectivity index (χ0v) is 25.0. The third-order valence-electron chi connectivity index (χ3n) is 14.0. The van der Waals surface area contributed by atoms with Gasteiger partial charge in [0.2, 0.25) is 0 Å². The number of hydrogen-bond acceptors (Lipinski definition) is 5. The van der Waals surface area contributed by atoms with Crippen molar-refractivity contribution in [1.29, 1.82) is 0 Å². The van der Waals surface area contributed by atoms with Gasteiger partial charge in [-0.1, -0.05) is 46.8 Å². The lowest BCUT2D eigenvalue weighted by molar-refractivity contribution is -0.248. The fourth-order valence-corrected chi connectivity index (χ4v) is 11.8. The first-order valence-corrected chi connectivity index (χ1v) is 15.3. The summed E-state index contributed by atoms with van der Waals surface area (Å²) < 4.78 is 10.4. The molecule has 5 fully saturated rings. The number of carbonyl (C=O) groups excluding carboxylic acids is 2. The Morgan fingerprint density at radius 1 is 0.868 bits per heavy atom. The molecule has 0 radical (unpaired) electrons. The number of carbonyl (C=O) groups is 2. The Hall–Kier alpha value is -1.36. The zero-order chi connectivity index (χ0) is 27.9. The quantitative estimate of drug-likeness (QED) is 0.324. The minimum absolute atomic E-state index is 0.0479. The molecule has 5 nitrogen and oxygen atoms in total. The molecule has 0 aromatic heterocycles. The summed E-state index contributed by atoms with van der Waals surface area (Å²) in [6.07, 6.45) is 10.2. The molecule has 214 valence electrons. The lowest BCUT2D eigenvalue weighted by Crippen LogP contribution is -2.67. The minimum atomic E-state index is -0.525. The Morgan fingerprint density at radius 3 is 2.24 bits per heavy atom. The molecule has 5 aliphatic rings. The summed E-state index contributed by atoms with van der Waals surface area (Å²) in [6, 6.07) is 0. The van der Waals surface area contributed by atoms with E-state index in [4.69, 9.17) is 9.47 Å². The second kappa shape index (κ2) is 9.08. The minimum Gasteiger partial charge on any atom is -0.466 e. The van der Waals surface area contributed by atoms with Crippen LogP contribution in [0, 0.1) is 56.7 Å². The third-order valence-corrected chi connectivity index (χ3v) is 14.0. The van der Waals surface area contributed by atoms with E-state index in [1.54, 1.807) is 0 Å². The van der Waals surface area contributed by atoms with Crippen LogP contribution in [-0.2, 0) is 19.1 Å². The zero-order valence-electron chi connectivity index (χ0n) is 25.0. The number of ether oxygens (including phenoxy) is 2. The van der Waals surface area contributed by atoms with Gasteiger partial charge in [0.1, 0.15) is 0 Å². The van der Waals surface area contributed by atoms with Gasteiger partial charge in [-0.05, 0) is 122 Å². The Bertz CT molecular complexity index is 1000. The first-order chi connectivity index (χ1) is 17.7. The number of esters is 2. The Balaban J connectivity index is 1.51. The maximum atomic E-state index is 13.8. The van der Waals surface area contributed by atoms with Gasteiger partial charge < -0.3 is 14.6 Å². The predicted octanol–water partition coefficient (Wildman–Crippen LogP) is 6.72. The summed E-state index contributed by atoms with van der Waals surface area (Å²) in [7, 11) is 1.33. The highest BCUT2D eigenvalue weighted by molar-refractivity contribution is 5.81. The van der Waals surface area contributed by atoms with Crippen molar-refractivity contribution in [3.05, 3.63) is 12.2 Å². The van der Waals surface area contributed by atoms with Gasteiger partial charge in [0.25, 0.3) is 0 Å². The lowest BCUT2D eigenvalue weighted by Gasteiger charge is -2.72. The molecular weight excluding hydrogens is 476 g/mol. The van der Waals surface area contributed by atoms with E-state index in [2.05, 4.69) is 48.1 Å². The number of fused-ring (bicyclic) bond motifs is 7. The molecule has 5 aliphatic carbocycles. The highest BCUT2D eigenvalue weighted by Crippen LogP contribution is 2.77.